The van der Waals surface area contributed by atoms with Crippen LogP contribution in [0.4, 0.5) is 13.2 Å². The van der Waals surface area contributed by atoms with Gasteiger partial charge in [-0.1, -0.05) is 0 Å². The smallest absolute Gasteiger partial charge is 0.416 e. The molecule has 9 heteroatoms. The lowest BCUT2D eigenvalue weighted by molar-refractivity contribution is -0.148. The van der Waals surface area contributed by atoms with Crippen LogP contribution in [0.2, 0.25) is 0 Å². The highest BCUT2D eigenvalue weighted by Gasteiger charge is 2.32. The molecule has 6 nitrogen and oxygen atoms in total. The molecule has 0 spiro atoms. The van der Waals surface area contributed by atoms with Crippen LogP contribution in [0.5, 0.6) is 5.75 Å². The number of piperidine rings is 1. The molecule has 2 aliphatic heterocycles. The van der Waals surface area contributed by atoms with Gasteiger partial charge in [0, 0.05) is 30.6 Å². The van der Waals surface area contributed by atoms with E-state index in [4.69, 9.17) is 9.47 Å². The maximum absolute atomic E-state index is 12.7. The predicted octanol–water partition coefficient (Wildman–Crippen LogP) is 3.92. The van der Waals surface area contributed by atoms with Crippen molar-refractivity contribution in [1.82, 2.24) is 4.90 Å². The minimum absolute atomic E-state index is 0.161. The number of alkyl halides is 3. The summed E-state index contributed by atoms with van der Waals surface area (Å²) in [5.41, 5.74) is 0.763. The summed E-state index contributed by atoms with van der Waals surface area (Å²) in [7, 11) is 0. The van der Waals surface area contributed by atoms with Gasteiger partial charge < -0.3 is 14.4 Å². The number of amides is 1. The van der Waals surface area contributed by atoms with E-state index in [2.05, 4.69) is 0 Å². The number of rotatable bonds is 5. The van der Waals surface area contributed by atoms with E-state index in [9.17, 15) is 27.6 Å². The standard InChI is InChI=1S/C24H22F3NO5/c25-24(26,27)19-4-1-15(2-5-19)22(30)28-10-7-16(8-11-28)23(31)33-14-20(29)17-3-6-21-18(13-17)9-12-32-21/h1-6,13,16H,7-12,14H2. The van der Waals surface area contributed by atoms with Crippen LogP contribution >= 0.6 is 0 Å². The van der Waals surface area contributed by atoms with Crippen molar-refractivity contribution in [3.8, 4) is 5.75 Å². The highest BCUT2D eigenvalue weighted by molar-refractivity contribution is 5.98. The molecule has 2 aliphatic rings. The maximum atomic E-state index is 12.7. The Labute approximate surface area is 188 Å². The number of esters is 1. The van der Waals surface area contributed by atoms with Gasteiger partial charge in [-0.15, -0.1) is 0 Å². The van der Waals surface area contributed by atoms with Gasteiger partial charge in [0.05, 0.1) is 18.1 Å². The van der Waals surface area contributed by atoms with Gasteiger partial charge in [0.2, 0.25) is 0 Å². The molecular weight excluding hydrogens is 439 g/mol. The molecule has 0 radical (unpaired) electrons. The molecule has 174 valence electrons. The lowest BCUT2D eigenvalue weighted by Gasteiger charge is -2.31. The molecular formula is C24H22F3NO5. The highest BCUT2D eigenvalue weighted by Crippen LogP contribution is 2.30. The molecule has 0 unspecified atom stereocenters. The number of carbonyl (C=O) groups excluding carboxylic acids is 3. The Morgan fingerprint density at radius 1 is 1.00 bits per heavy atom. The van der Waals surface area contributed by atoms with E-state index in [1.54, 1.807) is 18.2 Å². The molecule has 1 amide bonds. The molecule has 0 saturated carbocycles. The van der Waals surface area contributed by atoms with Gasteiger partial charge in [0.15, 0.2) is 12.4 Å². The number of carbonyl (C=O) groups is 3. The molecule has 2 aromatic carbocycles. The first-order valence-corrected chi connectivity index (χ1v) is 10.6. The van der Waals surface area contributed by atoms with Crippen LogP contribution in [0.3, 0.4) is 0 Å². The third-order valence-corrected chi connectivity index (χ3v) is 5.93. The highest BCUT2D eigenvalue weighted by atomic mass is 19.4. The summed E-state index contributed by atoms with van der Waals surface area (Å²) in [5, 5.41) is 0. The van der Waals surface area contributed by atoms with Crippen molar-refractivity contribution in [3.63, 3.8) is 0 Å². The second-order valence-electron chi connectivity index (χ2n) is 8.09. The van der Waals surface area contributed by atoms with E-state index in [0.29, 0.717) is 25.0 Å². The van der Waals surface area contributed by atoms with Crippen molar-refractivity contribution >= 4 is 17.7 Å². The van der Waals surface area contributed by atoms with E-state index in [-0.39, 0.29) is 37.0 Å². The molecule has 1 fully saturated rings. The molecule has 2 heterocycles. The predicted molar refractivity (Wildman–Crippen MR) is 111 cm³/mol. The molecule has 0 aromatic heterocycles. The number of ether oxygens (including phenoxy) is 2. The molecule has 0 atom stereocenters. The first kappa shape index (κ1) is 22.8. The summed E-state index contributed by atoms with van der Waals surface area (Å²) in [4.78, 5) is 38.8. The normalized spacial score (nSPS) is 16.2. The summed E-state index contributed by atoms with van der Waals surface area (Å²) in [6.07, 6.45) is -3.01. The van der Waals surface area contributed by atoms with Crippen molar-refractivity contribution in [3.05, 3.63) is 64.7 Å². The Hall–Kier alpha value is -3.36. The quantitative estimate of drug-likeness (QED) is 0.499. The summed E-state index contributed by atoms with van der Waals surface area (Å²) >= 11 is 0. The van der Waals surface area contributed by atoms with Gasteiger partial charge in [-0.2, -0.15) is 13.2 Å². The van der Waals surface area contributed by atoms with Crippen molar-refractivity contribution in [2.24, 2.45) is 5.92 Å². The third-order valence-electron chi connectivity index (χ3n) is 5.93. The fraction of sp³-hybridized carbons (Fsp3) is 0.375. The van der Waals surface area contributed by atoms with E-state index in [0.717, 1.165) is 42.0 Å². The summed E-state index contributed by atoms with van der Waals surface area (Å²) in [6, 6.07) is 9.20. The number of nitrogens with zero attached hydrogens (tertiary/aromatic N) is 1. The topological polar surface area (TPSA) is 72.9 Å². The average molecular weight is 461 g/mol. The lowest BCUT2D eigenvalue weighted by atomic mass is 9.96. The lowest BCUT2D eigenvalue weighted by Crippen LogP contribution is -2.40. The number of hydrogen-bond acceptors (Lipinski definition) is 5. The first-order valence-electron chi connectivity index (χ1n) is 10.6. The molecule has 1 saturated heterocycles. The van der Waals surface area contributed by atoms with Crippen LogP contribution < -0.4 is 4.74 Å². The number of Topliss-reactive ketones (excluding diaryl/α,β-unsaturated/α-hetero) is 1. The van der Waals surface area contributed by atoms with Crippen LogP contribution in [-0.4, -0.2) is 48.9 Å². The van der Waals surface area contributed by atoms with Gasteiger partial charge in [-0.3, -0.25) is 14.4 Å². The van der Waals surface area contributed by atoms with Gasteiger partial charge in [-0.25, -0.2) is 0 Å². The number of ketones is 1. The molecule has 0 N–H and O–H groups in total. The zero-order valence-corrected chi connectivity index (χ0v) is 17.7. The monoisotopic (exact) mass is 461 g/mol. The zero-order valence-electron chi connectivity index (χ0n) is 17.7. The summed E-state index contributed by atoms with van der Waals surface area (Å²) < 4.78 is 48.7. The number of likely N-dealkylation sites (tertiary alicyclic amines) is 1. The van der Waals surface area contributed by atoms with Crippen molar-refractivity contribution in [1.29, 1.82) is 0 Å². The zero-order chi connectivity index (χ0) is 23.6. The van der Waals surface area contributed by atoms with Crippen LogP contribution in [0.1, 0.15) is 44.7 Å². The second kappa shape index (κ2) is 9.25. The number of halogens is 3. The summed E-state index contributed by atoms with van der Waals surface area (Å²) in [5.74, 6) is -0.849. The largest absolute Gasteiger partial charge is 0.493 e. The summed E-state index contributed by atoms with van der Waals surface area (Å²) in [6.45, 7) is 0.780. The fourth-order valence-electron chi connectivity index (χ4n) is 4.00. The Bertz CT molecular complexity index is 1060. The van der Waals surface area contributed by atoms with Gasteiger partial charge in [0.1, 0.15) is 5.75 Å². The molecule has 0 bridgehead atoms. The number of benzene rings is 2. The molecule has 4 rings (SSSR count). The van der Waals surface area contributed by atoms with E-state index in [1.165, 1.54) is 4.90 Å². The minimum atomic E-state index is -4.46. The SMILES string of the molecule is O=C(COC(=O)C1CCN(C(=O)c2ccc(C(F)(F)F)cc2)CC1)c1ccc2c(c1)CCO2. The minimum Gasteiger partial charge on any atom is -0.493 e. The number of fused-ring (bicyclic) bond motifs is 1. The average Bonchev–Trinajstić information content (AvgIpc) is 3.29. The number of hydrogen-bond donors (Lipinski definition) is 0. The van der Waals surface area contributed by atoms with Crippen LogP contribution in [0.25, 0.3) is 0 Å². The Morgan fingerprint density at radius 3 is 2.33 bits per heavy atom. The molecule has 0 aliphatic carbocycles. The second-order valence-corrected chi connectivity index (χ2v) is 8.09. The third kappa shape index (κ3) is 5.18. The Kier molecular flexibility index (Phi) is 6.40. The fourth-order valence-corrected chi connectivity index (χ4v) is 4.00. The van der Waals surface area contributed by atoms with Crippen molar-refractivity contribution in [2.45, 2.75) is 25.4 Å². The first-order chi connectivity index (χ1) is 15.7. The Morgan fingerprint density at radius 2 is 1.67 bits per heavy atom. The van der Waals surface area contributed by atoms with Crippen LogP contribution in [0.15, 0.2) is 42.5 Å². The van der Waals surface area contributed by atoms with Crippen LogP contribution in [0, 0.1) is 5.92 Å². The van der Waals surface area contributed by atoms with E-state index in [1.807, 2.05) is 0 Å². The van der Waals surface area contributed by atoms with E-state index >= 15 is 0 Å². The van der Waals surface area contributed by atoms with Crippen LogP contribution in [-0.2, 0) is 22.1 Å². The maximum Gasteiger partial charge on any atom is 0.416 e. The van der Waals surface area contributed by atoms with Gasteiger partial charge in [-0.05, 0) is 60.9 Å². The Balaban J connectivity index is 1.25. The van der Waals surface area contributed by atoms with Gasteiger partial charge >= 0.3 is 12.1 Å². The van der Waals surface area contributed by atoms with Crippen molar-refractivity contribution in [2.75, 3.05) is 26.3 Å². The molecule has 2 aromatic rings. The molecule has 33 heavy (non-hydrogen) atoms. The van der Waals surface area contributed by atoms with E-state index < -0.39 is 23.6 Å². The van der Waals surface area contributed by atoms with Gasteiger partial charge in [0.25, 0.3) is 5.91 Å². The van der Waals surface area contributed by atoms with Crippen molar-refractivity contribution < 1.29 is 37.0 Å².